The summed E-state index contributed by atoms with van der Waals surface area (Å²) in [7, 11) is -2.11. The standard InChI is InChI=1S/C29H35N9O5S2/c1-3-42-28(39)22-14-33-29(34-15-22)36-8-6-20(7-9-36)17-38(45(40,41)27-12-23-25(44-27)16-31-19-35-23)37-10-11-43-24(18-37)21-4-5-26(30-2)32-13-21/h4-5,12-16,19-20,24H,3,6-11,17-18H2,1-2H3,(H,30,32). The van der Waals surface area contributed by atoms with E-state index in [0.717, 1.165) is 24.2 Å². The number of hydrazine groups is 1. The molecular weight excluding hydrogens is 619 g/mol. The van der Waals surface area contributed by atoms with Gasteiger partial charge in [-0.1, -0.05) is 6.07 Å². The Morgan fingerprint density at radius 3 is 2.60 bits per heavy atom. The van der Waals surface area contributed by atoms with E-state index in [-0.39, 0.29) is 22.8 Å². The Hall–Kier alpha value is -3.83. The lowest BCUT2D eigenvalue weighted by Gasteiger charge is -2.41. The average molecular weight is 654 g/mol. The number of hydrogen-bond donors (Lipinski definition) is 1. The first-order chi connectivity index (χ1) is 21.9. The van der Waals surface area contributed by atoms with Crippen molar-refractivity contribution in [2.45, 2.75) is 30.1 Å². The summed E-state index contributed by atoms with van der Waals surface area (Å²) >= 11 is 1.18. The van der Waals surface area contributed by atoms with Gasteiger partial charge in [0, 0.05) is 70.1 Å². The third kappa shape index (κ3) is 6.89. The number of esters is 1. The van der Waals surface area contributed by atoms with Crippen molar-refractivity contribution in [2.24, 2.45) is 5.92 Å². The van der Waals surface area contributed by atoms with E-state index in [1.807, 2.05) is 24.2 Å². The molecule has 2 aliphatic heterocycles. The maximum atomic E-state index is 14.3. The first-order valence-electron chi connectivity index (χ1n) is 14.8. The lowest BCUT2D eigenvalue weighted by atomic mass is 9.97. The Labute approximate surface area is 265 Å². The third-order valence-corrected chi connectivity index (χ3v) is 11.2. The van der Waals surface area contributed by atoms with Crippen LogP contribution in [0.4, 0.5) is 11.8 Å². The van der Waals surface area contributed by atoms with Crippen molar-refractivity contribution < 1.29 is 22.7 Å². The highest BCUT2D eigenvalue weighted by molar-refractivity contribution is 7.91. The highest BCUT2D eigenvalue weighted by atomic mass is 32.2. The molecule has 0 aromatic carbocycles. The van der Waals surface area contributed by atoms with E-state index in [9.17, 15) is 13.2 Å². The maximum absolute atomic E-state index is 14.3. The Morgan fingerprint density at radius 1 is 1.11 bits per heavy atom. The van der Waals surface area contributed by atoms with Gasteiger partial charge >= 0.3 is 5.97 Å². The Bertz CT molecular complexity index is 1680. The molecule has 6 rings (SSSR count). The quantitative estimate of drug-likeness (QED) is 0.250. The minimum atomic E-state index is -3.91. The molecule has 0 radical (unpaired) electrons. The highest BCUT2D eigenvalue weighted by Gasteiger charge is 2.37. The molecule has 2 fully saturated rings. The summed E-state index contributed by atoms with van der Waals surface area (Å²) in [6.45, 7) is 4.84. The summed E-state index contributed by atoms with van der Waals surface area (Å²) in [5.41, 5.74) is 1.79. The predicted octanol–water partition coefficient (Wildman–Crippen LogP) is 2.99. The molecule has 2 aliphatic rings. The highest BCUT2D eigenvalue weighted by Crippen LogP contribution is 2.34. The molecule has 2 saturated heterocycles. The Kier molecular flexibility index (Phi) is 9.46. The summed E-state index contributed by atoms with van der Waals surface area (Å²) in [6, 6.07) is 5.46. The first kappa shape index (κ1) is 31.2. The van der Waals surface area contributed by atoms with Gasteiger partial charge in [-0.3, -0.25) is 0 Å². The van der Waals surface area contributed by atoms with Crippen molar-refractivity contribution in [3.05, 3.63) is 60.4 Å². The van der Waals surface area contributed by atoms with Crippen LogP contribution >= 0.6 is 11.3 Å². The summed E-state index contributed by atoms with van der Waals surface area (Å²) in [4.78, 5) is 35.5. The second kappa shape index (κ2) is 13.7. The first-order valence-corrected chi connectivity index (χ1v) is 17.1. The van der Waals surface area contributed by atoms with Crippen LogP contribution in [-0.4, -0.2) is 102 Å². The maximum Gasteiger partial charge on any atom is 0.341 e. The molecule has 1 atom stereocenters. The van der Waals surface area contributed by atoms with Crippen LogP contribution in [0, 0.1) is 5.92 Å². The van der Waals surface area contributed by atoms with E-state index < -0.39 is 16.0 Å². The molecule has 4 aromatic rings. The average Bonchev–Trinajstić information content (AvgIpc) is 3.53. The van der Waals surface area contributed by atoms with Crippen LogP contribution in [0.1, 0.15) is 41.8 Å². The van der Waals surface area contributed by atoms with E-state index in [1.54, 1.807) is 29.8 Å². The predicted molar refractivity (Wildman–Crippen MR) is 168 cm³/mol. The van der Waals surface area contributed by atoms with Crippen molar-refractivity contribution in [1.82, 2.24) is 34.3 Å². The number of nitrogens with one attached hydrogen (secondary N) is 1. The Balaban J connectivity index is 1.20. The number of carbonyl (C=O) groups is 1. The molecule has 14 nitrogen and oxygen atoms in total. The molecule has 1 unspecified atom stereocenters. The summed E-state index contributed by atoms with van der Waals surface area (Å²) < 4.78 is 42.3. The van der Waals surface area contributed by atoms with Crippen molar-refractivity contribution in [1.29, 1.82) is 0 Å². The van der Waals surface area contributed by atoms with Gasteiger partial charge in [0.05, 0.1) is 35.1 Å². The molecule has 0 amide bonds. The van der Waals surface area contributed by atoms with Gasteiger partial charge in [-0.25, -0.2) is 43.1 Å². The van der Waals surface area contributed by atoms with Crippen LogP contribution in [0.15, 0.2) is 53.5 Å². The van der Waals surface area contributed by atoms with E-state index in [2.05, 4.69) is 35.1 Å². The molecule has 16 heteroatoms. The van der Waals surface area contributed by atoms with Crippen LogP contribution in [-0.2, 0) is 19.5 Å². The molecule has 0 spiro atoms. The zero-order valence-corrected chi connectivity index (χ0v) is 26.7. The van der Waals surface area contributed by atoms with Crippen molar-refractivity contribution in [3.8, 4) is 0 Å². The zero-order valence-electron chi connectivity index (χ0n) is 25.1. The number of aromatic nitrogens is 5. The van der Waals surface area contributed by atoms with E-state index in [0.29, 0.717) is 61.1 Å². The number of hydrogen-bond acceptors (Lipinski definition) is 14. The van der Waals surface area contributed by atoms with Gasteiger partial charge in [-0.05, 0) is 37.8 Å². The number of thiophene rings is 1. The molecule has 1 N–H and O–H groups in total. The molecule has 0 bridgehead atoms. The molecule has 6 heterocycles. The van der Waals surface area contributed by atoms with E-state index in [4.69, 9.17) is 9.47 Å². The topological polar surface area (TPSA) is 156 Å². The van der Waals surface area contributed by atoms with Gasteiger partial charge in [-0.15, -0.1) is 15.8 Å². The minimum absolute atomic E-state index is 0.0990. The van der Waals surface area contributed by atoms with Crippen molar-refractivity contribution in [3.63, 3.8) is 0 Å². The fourth-order valence-corrected chi connectivity index (χ4v) is 8.48. The number of nitrogens with zero attached hydrogens (tertiary/aromatic N) is 8. The fraction of sp³-hybridized carbons (Fsp3) is 0.448. The number of morpholine rings is 1. The smallest absolute Gasteiger partial charge is 0.341 e. The second-order valence-corrected chi connectivity index (χ2v) is 13.9. The van der Waals surface area contributed by atoms with Crippen molar-refractivity contribution >= 4 is 49.3 Å². The van der Waals surface area contributed by atoms with Crippen LogP contribution in [0.5, 0.6) is 0 Å². The van der Waals surface area contributed by atoms with Gasteiger partial charge in [0.25, 0.3) is 10.0 Å². The fourth-order valence-electron chi connectivity index (χ4n) is 5.48. The lowest BCUT2D eigenvalue weighted by Crippen LogP contribution is -2.54. The van der Waals surface area contributed by atoms with Gasteiger partial charge in [0.2, 0.25) is 5.95 Å². The number of anilines is 2. The lowest BCUT2D eigenvalue weighted by molar-refractivity contribution is -0.0921. The molecular formula is C29H35N9O5S2. The molecule has 238 valence electrons. The summed E-state index contributed by atoms with van der Waals surface area (Å²) in [5.74, 6) is 0.926. The van der Waals surface area contributed by atoms with Gasteiger partial charge < -0.3 is 19.7 Å². The van der Waals surface area contributed by atoms with Gasteiger partial charge in [0.1, 0.15) is 16.4 Å². The number of fused-ring (bicyclic) bond motifs is 1. The van der Waals surface area contributed by atoms with Crippen LogP contribution in [0.2, 0.25) is 0 Å². The van der Waals surface area contributed by atoms with Crippen LogP contribution in [0.3, 0.4) is 0 Å². The zero-order chi connectivity index (χ0) is 31.4. The number of carbonyl (C=O) groups excluding carboxylic acids is 1. The van der Waals surface area contributed by atoms with Crippen LogP contribution < -0.4 is 10.2 Å². The number of piperidine rings is 1. The number of sulfonamides is 1. The van der Waals surface area contributed by atoms with Crippen molar-refractivity contribution in [2.75, 3.05) is 63.2 Å². The number of ether oxygens (including phenoxy) is 2. The second-order valence-electron chi connectivity index (χ2n) is 10.8. The summed E-state index contributed by atoms with van der Waals surface area (Å²) in [5, 5.41) is 4.91. The van der Waals surface area contributed by atoms with Gasteiger partial charge in [0.15, 0.2) is 0 Å². The molecule has 45 heavy (non-hydrogen) atoms. The summed E-state index contributed by atoms with van der Waals surface area (Å²) in [6.07, 6.45) is 8.94. The largest absolute Gasteiger partial charge is 0.462 e. The van der Waals surface area contributed by atoms with E-state index in [1.165, 1.54) is 30.1 Å². The number of pyridine rings is 1. The van der Waals surface area contributed by atoms with E-state index >= 15 is 0 Å². The Morgan fingerprint density at radius 2 is 1.91 bits per heavy atom. The number of rotatable bonds is 10. The normalized spacial score (nSPS) is 18.4. The third-order valence-electron chi connectivity index (χ3n) is 7.94. The van der Waals surface area contributed by atoms with Crippen LogP contribution in [0.25, 0.3) is 10.2 Å². The molecule has 0 aliphatic carbocycles. The van der Waals surface area contributed by atoms with Gasteiger partial charge in [-0.2, -0.15) is 0 Å². The SMILES string of the molecule is CCOC(=O)c1cnc(N2CCC(CN(N3CCOC(c4ccc(NC)nc4)C3)S(=O)(=O)c3cc4ncncc4s3)CC2)nc1. The minimum Gasteiger partial charge on any atom is -0.462 e. The molecule has 4 aromatic heterocycles. The monoisotopic (exact) mass is 653 g/mol. The molecule has 0 saturated carbocycles.